The second kappa shape index (κ2) is 10.8. The van der Waals surface area contributed by atoms with Crippen molar-refractivity contribution in [3.05, 3.63) is 36.3 Å². The van der Waals surface area contributed by atoms with Gasteiger partial charge in [-0.15, -0.1) is 10.2 Å². The summed E-state index contributed by atoms with van der Waals surface area (Å²) in [5.74, 6) is 3.06. The lowest BCUT2D eigenvalue weighted by atomic mass is 10.1. The second-order valence-electron chi connectivity index (χ2n) is 9.21. The molecule has 2 aromatic heterocycles. The van der Waals surface area contributed by atoms with Crippen LogP contribution >= 0.6 is 0 Å². The van der Waals surface area contributed by atoms with Gasteiger partial charge in [0.25, 0.3) is 0 Å². The van der Waals surface area contributed by atoms with Gasteiger partial charge in [0.2, 0.25) is 5.65 Å². The maximum atomic E-state index is 6.20. The van der Waals surface area contributed by atoms with Crippen LogP contribution in [0.2, 0.25) is 0 Å². The molecule has 8 nitrogen and oxygen atoms in total. The minimum Gasteiger partial charge on any atom is -0.490 e. The van der Waals surface area contributed by atoms with Crippen molar-refractivity contribution in [1.29, 1.82) is 0 Å². The molecule has 0 saturated carbocycles. The molecule has 0 radical (unpaired) electrons. The summed E-state index contributed by atoms with van der Waals surface area (Å²) < 4.78 is 13.7. The number of anilines is 1. The van der Waals surface area contributed by atoms with Crippen LogP contribution in [0, 0.1) is 12.8 Å². The zero-order valence-electron chi connectivity index (χ0n) is 20.1. The van der Waals surface area contributed by atoms with Crippen molar-refractivity contribution in [2.75, 3.05) is 31.6 Å². The number of unbranched alkanes of at least 4 members (excludes halogenated alkanes) is 1. The van der Waals surface area contributed by atoms with Crippen LogP contribution in [0.1, 0.15) is 54.6 Å². The third-order valence-corrected chi connectivity index (χ3v) is 5.85. The predicted octanol–water partition coefficient (Wildman–Crippen LogP) is 4.98. The molecule has 1 fully saturated rings. The Morgan fingerprint density at radius 3 is 2.82 bits per heavy atom. The van der Waals surface area contributed by atoms with E-state index in [4.69, 9.17) is 14.5 Å². The fraction of sp³-hybridized carbons (Fsp3) is 0.560. The van der Waals surface area contributed by atoms with Crippen LogP contribution in [0.4, 0.5) is 5.82 Å². The lowest BCUT2D eigenvalue weighted by Gasteiger charge is -2.23. The summed E-state index contributed by atoms with van der Waals surface area (Å²) in [5, 5.41) is 15.6. The zero-order valence-corrected chi connectivity index (χ0v) is 20.1. The topological polar surface area (TPSA) is 85.6 Å². The largest absolute Gasteiger partial charge is 0.490 e. The highest BCUT2D eigenvalue weighted by atomic mass is 16.5. The average Bonchev–Trinajstić information content (AvgIpc) is 3.18. The van der Waals surface area contributed by atoms with Crippen molar-refractivity contribution in [3.63, 3.8) is 0 Å². The van der Waals surface area contributed by atoms with Gasteiger partial charge in [-0.2, -0.15) is 0 Å². The van der Waals surface area contributed by atoms with Crippen molar-refractivity contribution in [2.45, 2.75) is 59.0 Å². The molecule has 182 valence electrons. The van der Waals surface area contributed by atoms with E-state index < -0.39 is 0 Å². The number of fused-ring (bicyclic) bond motifs is 3. The third kappa shape index (κ3) is 5.93. The molecule has 1 aliphatic heterocycles. The number of rotatable bonds is 11. The molecule has 0 atom stereocenters. The van der Waals surface area contributed by atoms with Crippen LogP contribution in [0.15, 0.2) is 30.5 Å². The molecule has 4 rings (SSSR count). The quantitative estimate of drug-likeness (QED) is 0.394. The number of hydrogen-bond acceptors (Lipinski definition) is 7. The Morgan fingerprint density at radius 1 is 1.24 bits per heavy atom. The van der Waals surface area contributed by atoms with Gasteiger partial charge in [-0.05, 0) is 44.2 Å². The lowest BCUT2D eigenvalue weighted by Crippen LogP contribution is -2.25. The summed E-state index contributed by atoms with van der Waals surface area (Å²) in [4.78, 5) is 4.88. The molecule has 0 amide bonds. The molecule has 0 aliphatic carbocycles. The average molecular weight is 457 g/mol. The van der Waals surface area contributed by atoms with E-state index in [0.29, 0.717) is 5.92 Å². The van der Waals surface area contributed by atoms with E-state index in [-0.39, 0.29) is 8.96 Å². The predicted molar refractivity (Wildman–Crippen MR) is 136 cm³/mol. The van der Waals surface area contributed by atoms with Crippen molar-refractivity contribution < 1.29 is 12.3 Å². The lowest BCUT2D eigenvalue weighted by molar-refractivity contribution is 0.0256. The molecule has 0 bridgehead atoms. The van der Waals surface area contributed by atoms with Gasteiger partial charge in [0.1, 0.15) is 17.7 Å². The van der Waals surface area contributed by atoms with Crippen LogP contribution < -0.4 is 15.4 Å². The SMILES string of the molecule is C=C(CC(C)C)NCCCCNc1nc2cc(OC3CCOCC3)ccc2n2c(C)nnc12.[HH].[HH]. The van der Waals surface area contributed by atoms with Gasteiger partial charge in [-0.1, -0.05) is 20.4 Å². The highest BCUT2D eigenvalue weighted by molar-refractivity contribution is 5.84. The Bertz CT molecular complexity index is 1100. The number of nitrogens with zero attached hydrogens (tertiary/aromatic N) is 4. The molecule has 0 spiro atoms. The van der Waals surface area contributed by atoms with Crippen LogP contribution in [-0.4, -0.2) is 52.0 Å². The number of ether oxygens (including phenoxy) is 2. The van der Waals surface area contributed by atoms with E-state index in [1.165, 1.54) is 0 Å². The van der Waals surface area contributed by atoms with Crippen LogP contribution in [0.3, 0.4) is 0 Å². The molecule has 1 aliphatic rings. The van der Waals surface area contributed by atoms with Gasteiger partial charge in [0.05, 0.1) is 24.2 Å². The molecule has 3 aromatic rings. The normalized spacial score (nSPS) is 14.8. The van der Waals surface area contributed by atoms with Gasteiger partial charge in [-0.25, -0.2) is 4.98 Å². The maximum Gasteiger partial charge on any atom is 0.204 e. The minimum atomic E-state index is 0. The molecule has 1 saturated heterocycles. The molecule has 3 heterocycles. The van der Waals surface area contributed by atoms with Crippen LogP contribution in [-0.2, 0) is 4.74 Å². The smallest absolute Gasteiger partial charge is 0.204 e. The van der Waals surface area contributed by atoms with Gasteiger partial charge in [0.15, 0.2) is 5.82 Å². The molecule has 0 unspecified atom stereocenters. The number of aromatic nitrogens is 4. The zero-order chi connectivity index (χ0) is 23.2. The van der Waals surface area contributed by atoms with E-state index in [9.17, 15) is 0 Å². The summed E-state index contributed by atoms with van der Waals surface area (Å²) in [6, 6.07) is 6.06. The molecular formula is C25H40N6O2. The van der Waals surface area contributed by atoms with E-state index in [0.717, 1.165) is 98.2 Å². The maximum absolute atomic E-state index is 6.20. The van der Waals surface area contributed by atoms with Gasteiger partial charge < -0.3 is 20.1 Å². The molecule has 1 aromatic carbocycles. The van der Waals surface area contributed by atoms with Crippen molar-refractivity contribution in [2.24, 2.45) is 5.92 Å². The number of hydrogen-bond donors (Lipinski definition) is 2. The Kier molecular flexibility index (Phi) is 7.65. The third-order valence-electron chi connectivity index (χ3n) is 5.85. The standard InChI is InChI=1S/C25H36N6O2.2H2/c1-17(2)15-18(3)26-11-5-6-12-27-24-25-30-29-19(4)31(25)23-8-7-21(16-22(23)28-24)33-20-9-13-32-14-10-20;;/h7-8,16-17,20,26H,3,5-6,9-15H2,1-2,4H3,(H,27,28);2*1H. The molecule has 33 heavy (non-hydrogen) atoms. The van der Waals surface area contributed by atoms with Gasteiger partial charge in [-0.3, -0.25) is 4.40 Å². The Balaban J connectivity index is 0.00000216. The van der Waals surface area contributed by atoms with Crippen molar-refractivity contribution >= 4 is 22.5 Å². The first-order chi connectivity index (χ1) is 16.0. The molecule has 2 N–H and O–H groups in total. The Hall–Kier alpha value is -2.87. The number of allylic oxidation sites excluding steroid dienone is 1. The first kappa shape index (κ1) is 23.3. The summed E-state index contributed by atoms with van der Waals surface area (Å²) in [7, 11) is 0. The van der Waals surface area contributed by atoms with Crippen molar-refractivity contribution in [1.82, 2.24) is 24.9 Å². The highest BCUT2D eigenvalue weighted by Crippen LogP contribution is 2.26. The minimum absolute atomic E-state index is 0. The van der Waals surface area contributed by atoms with E-state index in [1.54, 1.807) is 0 Å². The Labute approximate surface area is 198 Å². The monoisotopic (exact) mass is 456 g/mol. The number of benzene rings is 1. The summed E-state index contributed by atoms with van der Waals surface area (Å²) >= 11 is 0. The van der Waals surface area contributed by atoms with E-state index >= 15 is 0 Å². The van der Waals surface area contributed by atoms with Crippen molar-refractivity contribution in [3.8, 4) is 5.75 Å². The first-order valence-electron chi connectivity index (χ1n) is 12.1. The fourth-order valence-corrected chi connectivity index (χ4v) is 4.22. The first-order valence-corrected chi connectivity index (χ1v) is 12.1. The molecular weight excluding hydrogens is 416 g/mol. The Morgan fingerprint density at radius 2 is 2.03 bits per heavy atom. The fourth-order valence-electron chi connectivity index (χ4n) is 4.22. The van der Waals surface area contributed by atoms with Gasteiger partial charge >= 0.3 is 0 Å². The summed E-state index contributed by atoms with van der Waals surface area (Å²) in [5.41, 5.74) is 3.71. The van der Waals surface area contributed by atoms with Gasteiger partial charge in [0, 0.05) is 40.5 Å². The number of nitrogens with one attached hydrogen (secondary N) is 2. The molecule has 8 heteroatoms. The summed E-state index contributed by atoms with van der Waals surface area (Å²) in [6.45, 7) is 13.7. The number of aryl methyl sites for hydroxylation is 1. The van der Waals surface area contributed by atoms with Crippen LogP contribution in [0.5, 0.6) is 5.75 Å². The van der Waals surface area contributed by atoms with E-state index in [1.807, 2.05) is 25.1 Å². The van der Waals surface area contributed by atoms with Crippen LogP contribution in [0.25, 0.3) is 16.7 Å². The summed E-state index contributed by atoms with van der Waals surface area (Å²) in [6.07, 6.45) is 5.13. The highest BCUT2D eigenvalue weighted by Gasteiger charge is 2.17. The van der Waals surface area contributed by atoms with E-state index in [2.05, 4.69) is 45.7 Å². The second-order valence-corrected chi connectivity index (χ2v) is 9.21.